The van der Waals surface area contributed by atoms with Crippen molar-refractivity contribution in [1.82, 2.24) is 16.1 Å². The predicted molar refractivity (Wildman–Crippen MR) is 176 cm³/mol. The Morgan fingerprint density at radius 1 is 0.957 bits per heavy atom. The number of hydrazone groups is 1. The molecule has 0 aliphatic carbocycles. The number of nitrogens with zero attached hydrogens (tertiary/aromatic N) is 1. The Balaban J connectivity index is 1.39. The van der Waals surface area contributed by atoms with Crippen LogP contribution in [0.3, 0.4) is 0 Å². The number of carbonyl (C=O) groups is 3. The van der Waals surface area contributed by atoms with E-state index >= 15 is 0 Å². The zero-order chi connectivity index (χ0) is 33.9. The Morgan fingerprint density at radius 3 is 2.47 bits per heavy atom. The van der Waals surface area contributed by atoms with E-state index in [-0.39, 0.29) is 36.9 Å². The van der Waals surface area contributed by atoms with Crippen LogP contribution in [0, 0.1) is 0 Å². The molecule has 14 heteroatoms. The molecule has 12 nitrogen and oxygen atoms in total. The number of methoxy groups -OCH3 is 1. The van der Waals surface area contributed by atoms with Crippen molar-refractivity contribution in [1.29, 1.82) is 0 Å². The Morgan fingerprint density at radius 2 is 1.74 bits per heavy atom. The maximum absolute atomic E-state index is 12.6. The van der Waals surface area contributed by atoms with Gasteiger partial charge in [0.05, 0.1) is 43.2 Å². The lowest BCUT2D eigenvalue weighted by Crippen LogP contribution is -2.45. The molecule has 0 saturated carbocycles. The SMILES string of the molecule is CCOC(=O)C1=C(C)NC(=O)N[C@@H]1c1ccc(OCC(=O)N/N=C\c2cc(Cl)c(OCc3ccccc3Cl)c(OCC)c2)c(OC)c1. The van der Waals surface area contributed by atoms with Crippen LogP contribution >= 0.6 is 23.2 Å². The lowest BCUT2D eigenvalue weighted by Gasteiger charge is -2.28. The molecule has 0 bridgehead atoms. The van der Waals surface area contributed by atoms with Crippen molar-refractivity contribution in [2.45, 2.75) is 33.4 Å². The second-order valence-corrected chi connectivity index (χ2v) is 10.7. The third-order valence-electron chi connectivity index (χ3n) is 6.71. The first-order valence-electron chi connectivity index (χ1n) is 14.6. The predicted octanol–water partition coefficient (Wildman–Crippen LogP) is 5.70. The highest BCUT2D eigenvalue weighted by molar-refractivity contribution is 6.32. The molecule has 0 spiro atoms. The summed E-state index contributed by atoms with van der Waals surface area (Å²) in [4.78, 5) is 37.3. The number of ether oxygens (including phenoxy) is 5. The van der Waals surface area contributed by atoms with Gasteiger partial charge in [0, 0.05) is 16.3 Å². The van der Waals surface area contributed by atoms with Gasteiger partial charge >= 0.3 is 12.0 Å². The number of esters is 1. The van der Waals surface area contributed by atoms with Crippen LogP contribution in [-0.2, 0) is 20.9 Å². The summed E-state index contributed by atoms with van der Waals surface area (Å²) < 4.78 is 28.0. The summed E-state index contributed by atoms with van der Waals surface area (Å²) in [6, 6.07) is 14.2. The van der Waals surface area contributed by atoms with Crippen LogP contribution < -0.4 is 35.0 Å². The van der Waals surface area contributed by atoms with E-state index in [1.807, 2.05) is 25.1 Å². The van der Waals surface area contributed by atoms with Crippen LogP contribution in [0.4, 0.5) is 4.79 Å². The number of hydrogen-bond donors (Lipinski definition) is 3. The summed E-state index contributed by atoms with van der Waals surface area (Å²) in [6.45, 7) is 5.49. The minimum absolute atomic E-state index is 0.174. The van der Waals surface area contributed by atoms with Gasteiger partial charge in [-0.3, -0.25) is 4.79 Å². The Labute approximate surface area is 281 Å². The molecular weight excluding hydrogens is 651 g/mol. The van der Waals surface area contributed by atoms with Gasteiger partial charge in [-0.05, 0) is 62.2 Å². The first-order chi connectivity index (χ1) is 22.6. The summed E-state index contributed by atoms with van der Waals surface area (Å²) in [5.41, 5.74) is 4.93. The smallest absolute Gasteiger partial charge is 0.338 e. The van der Waals surface area contributed by atoms with Gasteiger partial charge < -0.3 is 34.3 Å². The maximum atomic E-state index is 12.6. The van der Waals surface area contributed by atoms with Crippen LogP contribution in [0.25, 0.3) is 0 Å². The van der Waals surface area contributed by atoms with Crippen molar-refractivity contribution in [2.75, 3.05) is 26.9 Å². The normalized spacial score (nSPS) is 14.3. The maximum Gasteiger partial charge on any atom is 0.338 e. The van der Waals surface area contributed by atoms with E-state index in [1.165, 1.54) is 13.3 Å². The van der Waals surface area contributed by atoms with E-state index in [4.69, 9.17) is 46.9 Å². The summed E-state index contributed by atoms with van der Waals surface area (Å²) in [6.07, 6.45) is 1.41. The molecule has 0 radical (unpaired) electrons. The van der Waals surface area contributed by atoms with Crippen molar-refractivity contribution >= 4 is 47.3 Å². The van der Waals surface area contributed by atoms with Crippen molar-refractivity contribution in [3.63, 3.8) is 0 Å². The molecule has 3 aromatic rings. The lowest BCUT2D eigenvalue weighted by molar-refractivity contribution is -0.139. The third kappa shape index (κ3) is 9.08. The van der Waals surface area contributed by atoms with Gasteiger partial charge in [-0.25, -0.2) is 15.0 Å². The van der Waals surface area contributed by atoms with Crippen molar-refractivity contribution < 1.29 is 38.1 Å². The first-order valence-corrected chi connectivity index (χ1v) is 15.3. The van der Waals surface area contributed by atoms with E-state index in [0.29, 0.717) is 45.0 Å². The number of hydrogen-bond acceptors (Lipinski definition) is 9. The second kappa shape index (κ2) is 16.6. The lowest BCUT2D eigenvalue weighted by atomic mass is 9.95. The third-order valence-corrected chi connectivity index (χ3v) is 7.36. The first kappa shape index (κ1) is 34.9. The molecule has 4 rings (SSSR count). The van der Waals surface area contributed by atoms with E-state index < -0.39 is 23.9 Å². The molecule has 47 heavy (non-hydrogen) atoms. The summed E-state index contributed by atoms with van der Waals surface area (Å²) in [5.74, 6) is 0.193. The molecular formula is C33H34Cl2N4O8. The molecule has 1 aliphatic rings. The zero-order valence-electron chi connectivity index (χ0n) is 26.1. The van der Waals surface area contributed by atoms with Crippen molar-refractivity contribution in [3.8, 4) is 23.0 Å². The number of nitrogens with one attached hydrogen (secondary N) is 3. The molecule has 1 atom stereocenters. The standard InChI is InChI=1S/C33H34Cl2N4O8/c1-5-44-27-14-20(13-24(35)31(27)47-17-22-9-7-8-10-23(22)34)16-36-39-28(40)18-46-25-12-11-21(15-26(25)43-4)30-29(32(41)45-6-2)19(3)37-33(42)38-30/h7-16,30H,5-6,17-18H2,1-4H3,(H,39,40)(H2,37,38,42)/b36-16-/t30-/m1/s1. The highest BCUT2D eigenvalue weighted by atomic mass is 35.5. The average Bonchev–Trinajstić information content (AvgIpc) is 3.04. The van der Waals surface area contributed by atoms with Crippen molar-refractivity contribution in [3.05, 3.63) is 92.6 Å². The Hall–Kier alpha value is -4.94. The number of halogens is 2. The van der Waals surface area contributed by atoms with Gasteiger partial charge in [0.2, 0.25) is 0 Å². The van der Waals surface area contributed by atoms with E-state index in [2.05, 4.69) is 21.2 Å². The van der Waals surface area contributed by atoms with Crippen molar-refractivity contribution in [2.24, 2.45) is 5.10 Å². The van der Waals surface area contributed by atoms with Crippen LogP contribution in [0.2, 0.25) is 10.0 Å². The van der Waals surface area contributed by atoms with Gasteiger partial charge in [0.25, 0.3) is 5.91 Å². The highest BCUT2D eigenvalue weighted by Gasteiger charge is 2.32. The monoisotopic (exact) mass is 684 g/mol. The Kier molecular flexibility index (Phi) is 12.3. The molecule has 0 unspecified atom stereocenters. The number of rotatable bonds is 14. The number of allylic oxidation sites excluding steroid dienone is 1. The van der Waals surface area contributed by atoms with E-state index in [9.17, 15) is 14.4 Å². The summed E-state index contributed by atoms with van der Waals surface area (Å²) in [7, 11) is 1.43. The van der Waals surface area contributed by atoms with Gasteiger partial charge in [0.1, 0.15) is 6.61 Å². The molecule has 1 heterocycles. The van der Waals surface area contributed by atoms with Crippen LogP contribution in [0.5, 0.6) is 23.0 Å². The molecule has 1 aliphatic heterocycles. The highest BCUT2D eigenvalue weighted by Crippen LogP contribution is 2.38. The molecule has 3 amide bonds. The fourth-order valence-electron chi connectivity index (χ4n) is 4.59. The number of amides is 3. The van der Waals surface area contributed by atoms with Gasteiger partial charge in [-0.15, -0.1) is 0 Å². The molecule has 3 N–H and O–H groups in total. The van der Waals surface area contributed by atoms with Crippen LogP contribution in [-0.4, -0.2) is 51.1 Å². The number of urea groups is 1. The minimum Gasteiger partial charge on any atom is -0.493 e. The Bertz CT molecular complexity index is 1700. The van der Waals surface area contributed by atoms with Crippen LogP contribution in [0.15, 0.2) is 71.0 Å². The molecule has 3 aromatic carbocycles. The number of benzene rings is 3. The zero-order valence-corrected chi connectivity index (χ0v) is 27.7. The van der Waals surface area contributed by atoms with E-state index in [1.54, 1.807) is 50.2 Å². The summed E-state index contributed by atoms with van der Waals surface area (Å²) in [5, 5.41) is 10.2. The largest absolute Gasteiger partial charge is 0.493 e. The molecule has 248 valence electrons. The molecule has 0 aromatic heterocycles. The molecule has 0 saturated heterocycles. The molecule has 0 fully saturated rings. The minimum atomic E-state index is -0.789. The van der Waals surface area contributed by atoms with Gasteiger partial charge in [-0.1, -0.05) is 47.5 Å². The van der Waals surface area contributed by atoms with Crippen LogP contribution in [0.1, 0.15) is 43.5 Å². The fraction of sp³-hybridized carbons (Fsp3) is 0.273. The van der Waals surface area contributed by atoms with Gasteiger partial charge in [0.15, 0.2) is 29.6 Å². The second-order valence-electron chi connectivity index (χ2n) is 9.93. The fourth-order valence-corrected chi connectivity index (χ4v) is 5.06. The number of carbonyl (C=O) groups excluding carboxylic acids is 3. The summed E-state index contributed by atoms with van der Waals surface area (Å²) >= 11 is 12.7. The van der Waals surface area contributed by atoms with Gasteiger partial charge in [-0.2, -0.15) is 5.10 Å². The average molecular weight is 686 g/mol. The van der Waals surface area contributed by atoms with E-state index in [0.717, 1.165) is 5.56 Å². The topological polar surface area (TPSA) is 146 Å². The quantitative estimate of drug-likeness (QED) is 0.111.